The van der Waals surface area contributed by atoms with Crippen LogP contribution in [0.5, 0.6) is 0 Å². The number of ether oxygens (including phenoxy) is 1. The molecular weight excluding hydrogens is 326 g/mol. The van der Waals surface area contributed by atoms with Crippen LogP contribution in [-0.4, -0.2) is 63.6 Å². The van der Waals surface area contributed by atoms with Gasteiger partial charge in [-0.25, -0.2) is 0 Å². The summed E-state index contributed by atoms with van der Waals surface area (Å²) in [6.07, 6.45) is -5.42. The van der Waals surface area contributed by atoms with Crippen molar-refractivity contribution in [2.75, 3.05) is 6.61 Å². The summed E-state index contributed by atoms with van der Waals surface area (Å²) in [5, 5.41) is 43.4. The van der Waals surface area contributed by atoms with Crippen LogP contribution in [0.3, 0.4) is 0 Å². The first-order valence-corrected chi connectivity index (χ1v) is 8.08. The third-order valence-corrected chi connectivity index (χ3v) is 4.46. The summed E-state index contributed by atoms with van der Waals surface area (Å²) in [5.74, 6) is -0.419. The summed E-state index contributed by atoms with van der Waals surface area (Å²) in [6.45, 7) is -0.550. The second-order valence-corrected chi connectivity index (χ2v) is 6.14. The van der Waals surface area contributed by atoms with Crippen molar-refractivity contribution in [2.45, 2.75) is 37.1 Å². The van der Waals surface area contributed by atoms with E-state index in [2.05, 4.69) is 5.32 Å². The second-order valence-electron chi connectivity index (χ2n) is 6.14. The SMILES string of the molecule is O=C(Cc1cccc2ccccc12)N[C@H]1[C@@H](O)[C@H](O)[C@@H](CO)O[C@@H]1O. The molecule has 2 aromatic rings. The van der Waals surface area contributed by atoms with Crippen LogP contribution in [0, 0.1) is 0 Å². The summed E-state index contributed by atoms with van der Waals surface area (Å²) in [5.41, 5.74) is 0.810. The van der Waals surface area contributed by atoms with Crippen LogP contribution in [0.1, 0.15) is 5.56 Å². The Morgan fingerprint density at radius 1 is 1.04 bits per heavy atom. The molecule has 1 amide bonds. The van der Waals surface area contributed by atoms with Crippen molar-refractivity contribution in [3.63, 3.8) is 0 Å². The fourth-order valence-corrected chi connectivity index (χ4v) is 3.11. The molecule has 0 aromatic heterocycles. The molecule has 2 aromatic carbocycles. The van der Waals surface area contributed by atoms with Crippen molar-refractivity contribution in [1.29, 1.82) is 0 Å². The number of carbonyl (C=O) groups is 1. The Morgan fingerprint density at radius 3 is 2.52 bits per heavy atom. The van der Waals surface area contributed by atoms with Gasteiger partial charge in [0.15, 0.2) is 6.29 Å². The fourth-order valence-electron chi connectivity index (χ4n) is 3.11. The average Bonchev–Trinajstić information content (AvgIpc) is 2.62. The van der Waals surface area contributed by atoms with E-state index in [-0.39, 0.29) is 6.42 Å². The molecule has 1 saturated heterocycles. The van der Waals surface area contributed by atoms with Gasteiger partial charge < -0.3 is 30.5 Å². The van der Waals surface area contributed by atoms with Gasteiger partial charge in [0, 0.05) is 0 Å². The number of benzene rings is 2. The number of rotatable bonds is 4. The van der Waals surface area contributed by atoms with E-state index in [9.17, 15) is 20.1 Å². The van der Waals surface area contributed by atoms with E-state index < -0.39 is 43.2 Å². The van der Waals surface area contributed by atoms with Gasteiger partial charge >= 0.3 is 0 Å². The molecule has 25 heavy (non-hydrogen) atoms. The minimum atomic E-state index is -1.52. The predicted octanol–water partition coefficient (Wildman–Crippen LogP) is -0.702. The highest BCUT2D eigenvalue weighted by molar-refractivity contribution is 5.90. The summed E-state index contributed by atoms with van der Waals surface area (Å²) >= 11 is 0. The van der Waals surface area contributed by atoms with E-state index in [0.717, 1.165) is 16.3 Å². The van der Waals surface area contributed by atoms with E-state index in [0.29, 0.717) is 0 Å². The maximum absolute atomic E-state index is 12.4. The first-order valence-electron chi connectivity index (χ1n) is 8.08. The second kappa shape index (κ2) is 7.47. The number of carbonyl (C=O) groups excluding carboxylic acids is 1. The van der Waals surface area contributed by atoms with Gasteiger partial charge in [-0.05, 0) is 16.3 Å². The highest BCUT2D eigenvalue weighted by Gasteiger charge is 2.44. The Morgan fingerprint density at radius 2 is 1.76 bits per heavy atom. The molecule has 0 bridgehead atoms. The van der Waals surface area contributed by atoms with Crippen LogP contribution in [0.4, 0.5) is 0 Å². The Labute approximate surface area is 144 Å². The molecule has 0 unspecified atom stereocenters. The number of hydrogen-bond donors (Lipinski definition) is 5. The van der Waals surface area contributed by atoms with E-state index in [1.807, 2.05) is 42.5 Å². The van der Waals surface area contributed by atoms with Crippen LogP contribution >= 0.6 is 0 Å². The van der Waals surface area contributed by atoms with Crippen LogP contribution in [0.15, 0.2) is 42.5 Å². The van der Waals surface area contributed by atoms with Gasteiger partial charge in [0.1, 0.15) is 24.4 Å². The van der Waals surface area contributed by atoms with Gasteiger partial charge in [0.2, 0.25) is 5.91 Å². The minimum absolute atomic E-state index is 0.0524. The van der Waals surface area contributed by atoms with E-state index >= 15 is 0 Å². The zero-order valence-electron chi connectivity index (χ0n) is 13.4. The Hall–Kier alpha value is -2.03. The summed E-state index contributed by atoms with van der Waals surface area (Å²) in [7, 11) is 0. The molecule has 5 atom stereocenters. The molecule has 3 rings (SSSR count). The molecule has 7 heteroatoms. The van der Waals surface area contributed by atoms with E-state index in [4.69, 9.17) is 9.84 Å². The first kappa shape index (κ1) is 17.8. The van der Waals surface area contributed by atoms with Crippen LogP contribution in [-0.2, 0) is 16.0 Å². The van der Waals surface area contributed by atoms with Gasteiger partial charge in [0.25, 0.3) is 0 Å². The number of amides is 1. The maximum atomic E-state index is 12.4. The van der Waals surface area contributed by atoms with Gasteiger partial charge in [0.05, 0.1) is 13.0 Å². The van der Waals surface area contributed by atoms with E-state index in [1.165, 1.54) is 0 Å². The lowest BCUT2D eigenvalue weighted by Crippen LogP contribution is -2.64. The summed E-state index contributed by atoms with van der Waals surface area (Å²) in [4.78, 5) is 12.4. The number of aliphatic hydroxyl groups is 4. The molecule has 1 aliphatic heterocycles. The van der Waals surface area contributed by atoms with Crippen molar-refractivity contribution in [3.05, 3.63) is 48.0 Å². The van der Waals surface area contributed by atoms with Gasteiger partial charge in [-0.1, -0.05) is 42.5 Å². The van der Waals surface area contributed by atoms with Crippen LogP contribution in [0.2, 0.25) is 0 Å². The van der Waals surface area contributed by atoms with Gasteiger partial charge in [-0.15, -0.1) is 0 Å². The number of hydrogen-bond acceptors (Lipinski definition) is 6. The lowest BCUT2D eigenvalue weighted by molar-refractivity contribution is -0.253. The molecule has 0 aliphatic carbocycles. The quantitative estimate of drug-likeness (QED) is 0.499. The van der Waals surface area contributed by atoms with Crippen molar-refractivity contribution in [2.24, 2.45) is 0 Å². The highest BCUT2D eigenvalue weighted by Crippen LogP contribution is 2.21. The Bertz CT molecular complexity index is 746. The third kappa shape index (κ3) is 3.65. The van der Waals surface area contributed by atoms with E-state index in [1.54, 1.807) is 0 Å². The van der Waals surface area contributed by atoms with Crippen molar-refractivity contribution < 1.29 is 30.0 Å². The largest absolute Gasteiger partial charge is 0.394 e. The molecule has 5 N–H and O–H groups in total. The van der Waals surface area contributed by atoms with Gasteiger partial charge in [-0.2, -0.15) is 0 Å². The minimum Gasteiger partial charge on any atom is -0.394 e. The smallest absolute Gasteiger partial charge is 0.224 e. The molecule has 7 nitrogen and oxygen atoms in total. The van der Waals surface area contributed by atoms with Crippen LogP contribution < -0.4 is 5.32 Å². The standard InChI is InChI=1S/C18H21NO6/c20-9-13-16(22)17(23)15(18(24)25-13)19-14(21)8-11-6-3-5-10-4-1-2-7-12(10)11/h1-7,13,15-18,20,22-24H,8-9H2,(H,19,21)/t13-,15+,16-,17-,18+/m1/s1. The lowest BCUT2D eigenvalue weighted by atomic mass is 9.96. The average molecular weight is 347 g/mol. The lowest BCUT2D eigenvalue weighted by Gasteiger charge is -2.40. The number of fused-ring (bicyclic) bond motifs is 1. The normalized spacial score (nSPS) is 29.5. The van der Waals surface area contributed by atoms with Crippen LogP contribution in [0.25, 0.3) is 10.8 Å². The van der Waals surface area contributed by atoms with Gasteiger partial charge in [-0.3, -0.25) is 4.79 Å². The van der Waals surface area contributed by atoms with Crippen molar-refractivity contribution in [1.82, 2.24) is 5.32 Å². The fraction of sp³-hybridized carbons (Fsp3) is 0.389. The Balaban J connectivity index is 1.72. The third-order valence-electron chi connectivity index (χ3n) is 4.46. The monoisotopic (exact) mass is 347 g/mol. The molecule has 0 saturated carbocycles. The molecule has 1 heterocycles. The first-order chi connectivity index (χ1) is 12.0. The molecule has 0 spiro atoms. The summed E-state index contributed by atoms with van der Waals surface area (Å²) in [6, 6.07) is 12.1. The number of nitrogens with one attached hydrogen (secondary N) is 1. The number of aliphatic hydroxyl groups excluding tert-OH is 4. The molecule has 134 valence electrons. The summed E-state index contributed by atoms with van der Waals surface area (Å²) < 4.78 is 5.03. The van der Waals surface area contributed by atoms with Crippen molar-refractivity contribution in [3.8, 4) is 0 Å². The zero-order chi connectivity index (χ0) is 18.0. The zero-order valence-corrected chi connectivity index (χ0v) is 13.4. The predicted molar refractivity (Wildman–Crippen MR) is 89.6 cm³/mol. The molecule has 1 fully saturated rings. The maximum Gasteiger partial charge on any atom is 0.224 e. The topological polar surface area (TPSA) is 119 Å². The van der Waals surface area contributed by atoms with Crippen molar-refractivity contribution >= 4 is 16.7 Å². The highest BCUT2D eigenvalue weighted by atomic mass is 16.6. The Kier molecular flexibility index (Phi) is 5.31. The molecule has 1 aliphatic rings. The molecule has 0 radical (unpaired) electrons. The molecular formula is C18H21NO6.